The molecule has 0 bridgehead atoms. The number of amides is 2. The standard InChI is InChI=1S/C9H16N2O3S/c1-3-15(14)5-4-10-7-6-8(12)11(2)9(7)13/h7,10H,3-6H2,1-2H3. The van der Waals surface area contributed by atoms with Gasteiger partial charge in [0.25, 0.3) is 0 Å². The topological polar surface area (TPSA) is 66.5 Å². The van der Waals surface area contributed by atoms with Gasteiger partial charge in [0, 0.05) is 35.9 Å². The molecule has 0 aromatic rings. The Balaban J connectivity index is 2.32. The van der Waals surface area contributed by atoms with Gasteiger partial charge in [0.15, 0.2) is 0 Å². The first kappa shape index (κ1) is 12.3. The van der Waals surface area contributed by atoms with Crippen LogP contribution < -0.4 is 5.32 Å². The molecular formula is C9H16N2O3S. The van der Waals surface area contributed by atoms with E-state index in [2.05, 4.69) is 5.32 Å². The molecule has 15 heavy (non-hydrogen) atoms. The zero-order valence-corrected chi connectivity index (χ0v) is 9.80. The van der Waals surface area contributed by atoms with E-state index in [-0.39, 0.29) is 18.2 Å². The molecule has 0 spiro atoms. The van der Waals surface area contributed by atoms with Crippen molar-refractivity contribution in [1.82, 2.24) is 10.2 Å². The van der Waals surface area contributed by atoms with Crippen molar-refractivity contribution in [3.63, 3.8) is 0 Å². The number of rotatable bonds is 5. The lowest BCUT2D eigenvalue weighted by Crippen LogP contribution is -2.38. The SMILES string of the molecule is CCS(=O)CCNC1CC(=O)N(C)C1=O. The number of likely N-dealkylation sites (N-methyl/N-ethyl adjacent to an activating group) is 1. The zero-order valence-electron chi connectivity index (χ0n) is 8.99. The number of hydrogen-bond acceptors (Lipinski definition) is 4. The number of carbonyl (C=O) groups excluding carboxylic acids is 2. The third kappa shape index (κ3) is 3.10. The lowest BCUT2D eigenvalue weighted by Gasteiger charge is -2.10. The Kier molecular flexibility index (Phi) is 4.41. The summed E-state index contributed by atoms with van der Waals surface area (Å²) in [5.74, 6) is 0.800. The van der Waals surface area contributed by atoms with Crippen molar-refractivity contribution < 1.29 is 13.8 Å². The summed E-state index contributed by atoms with van der Waals surface area (Å²) in [6, 6.07) is -0.420. The fraction of sp³-hybridized carbons (Fsp3) is 0.778. The second kappa shape index (κ2) is 5.37. The van der Waals surface area contributed by atoms with Crippen LogP contribution in [0.1, 0.15) is 13.3 Å². The summed E-state index contributed by atoms with van der Waals surface area (Å²) in [6.45, 7) is 2.37. The van der Waals surface area contributed by atoms with Gasteiger partial charge in [-0.1, -0.05) is 6.92 Å². The second-order valence-corrected chi connectivity index (χ2v) is 5.30. The molecule has 86 valence electrons. The van der Waals surface area contributed by atoms with Gasteiger partial charge in [-0.25, -0.2) is 0 Å². The average Bonchev–Trinajstić information content (AvgIpc) is 2.46. The third-order valence-electron chi connectivity index (χ3n) is 2.42. The van der Waals surface area contributed by atoms with E-state index >= 15 is 0 Å². The van der Waals surface area contributed by atoms with Gasteiger partial charge in [0.2, 0.25) is 11.8 Å². The summed E-state index contributed by atoms with van der Waals surface area (Å²) in [6.07, 6.45) is 0.216. The van der Waals surface area contributed by atoms with Crippen LogP contribution in [0.4, 0.5) is 0 Å². The van der Waals surface area contributed by atoms with E-state index in [1.54, 1.807) is 0 Å². The maximum absolute atomic E-state index is 11.4. The fourth-order valence-electron chi connectivity index (χ4n) is 1.41. The summed E-state index contributed by atoms with van der Waals surface area (Å²) in [4.78, 5) is 23.7. The lowest BCUT2D eigenvalue weighted by atomic mass is 10.2. The van der Waals surface area contributed by atoms with Crippen LogP contribution in [0.15, 0.2) is 0 Å². The van der Waals surface area contributed by atoms with Crippen molar-refractivity contribution in [3.8, 4) is 0 Å². The monoisotopic (exact) mass is 232 g/mol. The minimum absolute atomic E-state index is 0.158. The molecule has 2 atom stereocenters. The Morgan fingerprint density at radius 3 is 2.67 bits per heavy atom. The molecule has 2 unspecified atom stereocenters. The van der Waals surface area contributed by atoms with Crippen LogP contribution in [0, 0.1) is 0 Å². The zero-order chi connectivity index (χ0) is 11.4. The van der Waals surface area contributed by atoms with Crippen LogP contribution in [0.25, 0.3) is 0 Å². The molecule has 1 aliphatic rings. The van der Waals surface area contributed by atoms with Gasteiger partial charge in [0.05, 0.1) is 12.5 Å². The Bertz CT molecular complexity index is 293. The predicted octanol–water partition coefficient (Wildman–Crippen LogP) is -0.898. The molecule has 1 N–H and O–H groups in total. The van der Waals surface area contributed by atoms with Gasteiger partial charge in [-0.2, -0.15) is 0 Å². The molecular weight excluding hydrogens is 216 g/mol. The first-order valence-corrected chi connectivity index (χ1v) is 6.43. The largest absolute Gasteiger partial charge is 0.305 e. The Morgan fingerprint density at radius 2 is 2.20 bits per heavy atom. The van der Waals surface area contributed by atoms with Gasteiger partial charge < -0.3 is 5.32 Å². The highest BCUT2D eigenvalue weighted by Crippen LogP contribution is 2.09. The first-order valence-electron chi connectivity index (χ1n) is 4.95. The highest BCUT2D eigenvalue weighted by Gasteiger charge is 2.35. The Morgan fingerprint density at radius 1 is 1.53 bits per heavy atom. The van der Waals surface area contributed by atoms with Crippen molar-refractivity contribution >= 4 is 22.6 Å². The van der Waals surface area contributed by atoms with Gasteiger partial charge in [0.1, 0.15) is 0 Å². The molecule has 0 saturated carbocycles. The minimum Gasteiger partial charge on any atom is -0.305 e. The first-order chi connectivity index (χ1) is 7.06. The molecule has 0 aromatic carbocycles. The van der Waals surface area contributed by atoms with Crippen LogP contribution in [-0.4, -0.2) is 52.1 Å². The van der Waals surface area contributed by atoms with Crippen molar-refractivity contribution in [1.29, 1.82) is 0 Å². The number of carbonyl (C=O) groups is 2. The van der Waals surface area contributed by atoms with Crippen LogP contribution in [0.3, 0.4) is 0 Å². The molecule has 5 nitrogen and oxygen atoms in total. The van der Waals surface area contributed by atoms with Gasteiger partial charge in [-0.05, 0) is 0 Å². The van der Waals surface area contributed by atoms with E-state index < -0.39 is 16.8 Å². The number of likely N-dealkylation sites (tertiary alicyclic amines) is 1. The molecule has 0 aromatic heterocycles. The summed E-state index contributed by atoms with van der Waals surface area (Å²) >= 11 is 0. The summed E-state index contributed by atoms with van der Waals surface area (Å²) in [5, 5.41) is 2.95. The van der Waals surface area contributed by atoms with Gasteiger partial charge >= 0.3 is 0 Å². The summed E-state index contributed by atoms with van der Waals surface area (Å²) < 4.78 is 11.1. The molecule has 6 heteroatoms. The fourth-order valence-corrected chi connectivity index (χ4v) is 2.04. The van der Waals surface area contributed by atoms with E-state index in [1.807, 2.05) is 6.92 Å². The highest BCUT2D eigenvalue weighted by molar-refractivity contribution is 7.84. The van der Waals surface area contributed by atoms with Crippen molar-refractivity contribution in [3.05, 3.63) is 0 Å². The van der Waals surface area contributed by atoms with Crippen LogP contribution in [0.5, 0.6) is 0 Å². The van der Waals surface area contributed by atoms with Crippen LogP contribution in [-0.2, 0) is 20.4 Å². The van der Waals surface area contributed by atoms with E-state index in [0.29, 0.717) is 18.1 Å². The Hall–Kier alpha value is -0.750. The van der Waals surface area contributed by atoms with E-state index in [1.165, 1.54) is 7.05 Å². The van der Waals surface area contributed by atoms with Crippen molar-refractivity contribution in [2.75, 3.05) is 25.1 Å². The number of nitrogens with zero attached hydrogens (tertiary/aromatic N) is 1. The summed E-state index contributed by atoms with van der Waals surface area (Å²) in [5.41, 5.74) is 0. The number of nitrogens with one attached hydrogen (secondary N) is 1. The smallest absolute Gasteiger partial charge is 0.246 e. The average molecular weight is 232 g/mol. The Labute approximate surface area is 91.7 Å². The van der Waals surface area contributed by atoms with E-state index in [9.17, 15) is 13.8 Å². The molecule has 0 aliphatic carbocycles. The molecule has 1 aliphatic heterocycles. The maximum Gasteiger partial charge on any atom is 0.246 e. The molecule has 0 radical (unpaired) electrons. The highest BCUT2D eigenvalue weighted by atomic mass is 32.2. The molecule has 1 saturated heterocycles. The summed E-state index contributed by atoms with van der Waals surface area (Å²) in [7, 11) is 0.655. The minimum atomic E-state index is -0.828. The van der Waals surface area contributed by atoms with Gasteiger partial charge in [-0.3, -0.25) is 18.7 Å². The molecule has 2 amide bonds. The normalized spacial score (nSPS) is 23.6. The van der Waals surface area contributed by atoms with Crippen molar-refractivity contribution in [2.24, 2.45) is 0 Å². The lowest BCUT2D eigenvalue weighted by molar-refractivity contribution is -0.137. The molecule has 1 fully saturated rings. The molecule has 1 rings (SSSR count). The van der Waals surface area contributed by atoms with Crippen LogP contribution >= 0.6 is 0 Å². The quantitative estimate of drug-likeness (QED) is 0.624. The second-order valence-electron chi connectivity index (χ2n) is 3.43. The van der Waals surface area contributed by atoms with E-state index in [0.717, 1.165) is 4.90 Å². The van der Waals surface area contributed by atoms with Crippen molar-refractivity contribution in [2.45, 2.75) is 19.4 Å². The third-order valence-corrected chi connectivity index (χ3v) is 3.73. The maximum atomic E-state index is 11.4. The number of imide groups is 1. The van der Waals surface area contributed by atoms with Crippen LogP contribution in [0.2, 0.25) is 0 Å². The van der Waals surface area contributed by atoms with Gasteiger partial charge in [-0.15, -0.1) is 0 Å². The van der Waals surface area contributed by atoms with E-state index in [4.69, 9.17) is 0 Å². The predicted molar refractivity (Wildman–Crippen MR) is 57.7 cm³/mol. The molecule has 1 heterocycles. The number of hydrogen-bond donors (Lipinski definition) is 1.